The fraction of sp³-hybridized carbons (Fsp3) is 1.00. The Hall–Kier alpha value is -0.120. The highest BCUT2D eigenvalue weighted by atomic mass is 16.3. The monoisotopic (exact) mass is 187 g/mol. The van der Waals surface area contributed by atoms with Gasteiger partial charge in [0, 0.05) is 12.6 Å². The molecular weight excluding hydrogens is 166 g/mol. The molecule has 0 spiro atoms. The van der Waals surface area contributed by atoms with Crippen LogP contribution < -0.4 is 5.32 Å². The fourth-order valence-electron chi connectivity index (χ4n) is 1.78. The van der Waals surface area contributed by atoms with E-state index in [1.165, 1.54) is 6.42 Å². The van der Waals surface area contributed by atoms with E-state index < -0.39 is 0 Å². The standard InChI is InChI=1S/C10H21NO2/c1-2-8(12)7-11-9-5-3-4-6-10(9)13/h8-13H,2-7H2,1H3/t8?,9-,10-/m1/s1. The zero-order valence-electron chi connectivity index (χ0n) is 8.37. The number of hydrogen-bond acceptors (Lipinski definition) is 3. The van der Waals surface area contributed by atoms with E-state index in [1.54, 1.807) is 0 Å². The van der Waals surface area contributed by atoms with E-state index in [4.69, 9.17) is 0 Å². The SMILES string of the molecule is CCC(O)CN[C@@H]1CCCC[C@H]1O. The van der Waals surface area contributed by atoms with Crippen molar-refractivity contribution in [3.63, 3.8) is 0 Å². The van der Waals surface area contributed by atoms with Gasteiger partial charge in [-0.05, 0) is 19.3 Å². The number of hydrogen-bond donors (Lipinski definition) is 3. The van der Waals surface area contributed by atoms with Crippen LogP contribution in [0.1, 0.15) is 39.0 Å². The third-order valence-corrected chi connectivity index (χ3v) is 2.82. The van der Waals surface area contributed by atoms with Crippen molar-refractivity contribution in [3.05, 3.63) is 0 Å². The van der Waals surface area contributed by atoms with Gasteiger partial charge in [-0.1, -0.05) is 19.8 Å². The Morgan fingerprint density at radius 1 is 1.38 bits per heavy atom. The first-order valence-corrected chi connectivity index (χ1v) is 5.33. The normalized spacial score (nSPS) is 31.6. The Balaban J connectivity index is 2.18. The minimum atomic E-state index is -0.269. The lowest BCUT2D eigenvalue weighted by Gasteiger charge is -2.29. The van der Waals surface area contributed by atoms with E-state index >= 15 is 0 Å². The maximum atomic E-state index is 9.61. The molecule has 3 nitrogen and oxygen atoms in total. The summed E-state index contributed by atoms with van der Waals surface area (Å²) < 4.78 is 0. The second-order valence-electron chi connectivity index (χ2n) is 3.93. The molecule has 1 aliphatic carbocycles. The van der Waals surface area contributed by atoms with Crippen molar-refractivity contribution in [2.75, 3.05) is 6.54 Å². The minimum Gasteiger partial charge on any atom is -0.392 e. The summed E-state index contributed by atoms with van der Waals surface area (Å²) in [5.74, 6) is 0. The van der Waals surface area contributed by atoms with Gasteiger partial charge in [0.2, 0.25) is 0 Å². The highest BCUT2D eigenvalue weighted by Gasteiger charge is 2.22. The molecule has 1 aliphatic rings. The van der Waals surface area contributed by atoms with Gasteiger partial charge in [-0.3, -0.25) is 0 Å². The quantitative estimate of drug-likeness (QED) is 0.605. The molecule has 1 fully saturated rings. The second-order valence-corrected chi connectivity index (χ2v) is 3.93. The molecule has 0 saturated heterocycles. The molecule has 0 bridgehead atoms. The first kappa shape index (κ1) is 11.0. The van der Waals surface area contributed by atoms with Crippen LogP contribution >= 0.6 is 0 Å². The smallest absolute Gasteiger partial charge is 0.0693 e. The van der Waals surface area contributed by atoms with Gasteiger partial charge in [0.1, 0.15) is 0 Å². The number of rotatable bonds is 4. The van der Waals surface area contributed by atoms with Crippen LogP contribution in [0.2, 0.25) is 0 Å². The molecule has 0 aromatic carbocycles. The Morgan fingerprint density at radius 3 is 2.69 bits per heavy atom. The summed E-state index contributed by atoms with van der Waals surface area (Å²) in [5, 5.41) is 22.2. The predicted molar refractivity (Wildman–Crippen MR) is 52.6 cm³/mol. The highest BCUT2D eigenvalue weighted by molar-refractivity contribution is 4.80. The number of aliphatic hydroxyl groups excluding tert-OH is 2. The lowest BCUT2D eigenvalue weighted by Crippen LogP contribution is -2.44. The summed E-state index contributed by atoms with van der Waals surface area (Å²) in [6.07, 6.45) is 4.56. The molecule has 0 aromatic heterocycles. The maximum absolute atomic E-state index is 9.61. The summed E-state index contributed by atoms with van der Waals surface area (Å²) in [5.41, 5.74) is 0. The van der Waals surface area contributed by atoms with Crippen molar-refractivity contribution >= 4 is 0 Å². The molecule has 3 heteroatoms. The first-order chi connectivity index (χ1) is 6.24. The highest BCUT2D eigenvalue weighted by Crippen LogP contribution is 2.18. The van der Waals surface area contributed by atoms with E-state index in [0.717, 1.165) is 25.7 Å². The Bertz CT molecular complexity index is 141. The molecule has 0 heterocycles. The largest absolute Gasteiger partial charge is 0.392 e. The van der Waals surface area contributed by atoms with E-state index in [9.17, 15) is 10.2 Å². The molecule has 0 aliphatic heterocycles. The van der Waals surface area contributed by atoms with Crippen molar-refractivity contribution in [2.45, 2.75) is 57.3 Å². The van der Waals surface area contributed by atoms with Crippen LogP contribution in [0.4, 0.5) is 0 Å². The van der Waals surface area contributed by atoms with Gasteiger partial charge in [0.15, 0.2) is 0 Å². The summed E-state index contributed by atoms with van der Waals surface area (Å²) in [6, 6.07) is 0.204. The minimum absolute atomic E-state index is 0.204. The van der Waals surface area contributed by atoms with Crippen LogP contribution in [0.25, 0.3) is 0 Å². The Kier molecular flexibility index (Phi) is 4.70. The molecule has 13 heavy (non-hydrogen) atoms. The van der Waals surface area contributed by atoms with Gasteiger partial charge in [-0.2, -0.15) is 0 Å². The third kappa shape index (κ3) is 3.63. The van der Waals surface area contributed by atoms with Crippen LogP contribution in [0.3, 0.4) is 0 Å². The van der Waals surface area contributed by atoms with Gasteiger partial charge in [-0.25, -0.2) is 0 Å². The van der Waals surface area contributed by atoms with Gasteiger partial charge >= 0.3 is 0 Å². The number of aliphatic hydroxyl groups is 2. The van der Waals surface area contributed by atoms with Crippen LogP contribution in [-0.4, -0.2) is 35.0 Å². The van der Waals surface area contributed by atoms with Gasteiger partial charge in [0.25, 0.3) is 0 Å². The van der Waals surface area contributed by atoms with Gasteiger partial charge < -0.3 is 15.5 Å². The second kappa shape index (κ2) is 5.58. The van der Waals surface area contributed by atoms with E-state index in [2.05, 4.69) is 5.32 Å². The topological polar surface area (TPSA) is 52.5 Å². The Labute approximate surface area is 80.2 Å². The Morgan fingerprint density at radius 2 is 2.08 bits per heavy atom. The van der Waals surface area contributed by atoms with Crippen molar-refractivity contribution < 1.29 is 10.2 Å². The molecule has 0 aromatic rings. The van der Waals surface area contributed by atoms with E-state index in [-0.39, 0.29) is 18.2 Å². The zero-order chi connectivity index (χ0) is 9.68. The molecule has 1 rings (SSSR count). The number of nitrogens with one attached hydrogen (secondary N) is 1. The molecule has 0 amide bonds. The predicted octanol–water partition coefficient (Wildman–Crippen LogP) is 0.650. The molecular formula is C10H21NO2. The van der Waals surface area contributed by atoms with Crippen molar-refractivity contribution in [3.8, 4) is 0 Å². The lowest BCUT2D eigenvalue weighted by atomic mass is 9.92. The van der Waals surface area contributed by atoms with Crippen molar-refractivity contribution in [1.82, 2.24) is 5.32 Å². The molecule has 1 unspecified atom stereocenters. The maximum Gasteiger partial charge on any atom is 0.0693 e. The van der Waals surface area contributed by atoms with Crippen molar-refractivity contribution in [2.24, 2.45) is 0 Å². The van der Waals surface area contributed by atoms with Crippen LogP contribution in [0.5, 0.6) is 0 Å². The van der Waals surface area contributed by atoms with Crippen LogP contribution in [0, 0.1) is 0 Å². The van der Waals surface area contributed by atoms with Crippen molar-refractivity contribution in [1.29, 1.82) is 0 Å². The molecule has 3 atom stereocenters. The van der Waals surface area contributed by atoms with Crippen LogP contribution in [0.15, 0.2) is 0 Å². The average Bonchev–Trinajstić information content (AvgIpc) is 2.16. The summed E-state index contributed by atoms with van der Waals surface area (Å²) in [4.78, 5) is 0. The molecule has 3 N–H and O–H groups in total. The molecule has 0 radical (unpaired) electrons. The molecule has 78 valence electrons. The third-order valence-electron chi connectivity index (χ3n) is 2.82. The summed E-state index contributed by atoms with van der Waals surface area (Å²) in [6.45, 7) is 2.57. The summed E-state index contributed by atoms with van der Waals surface area (Å²) >= 11 is 0. The fourth-order valence-corrected chi connectivity index (χ4v) is 1.78. The lowest BCUT2D eigenvalue weighted by molar-refractivity contribution is 0.0793. The zero-order valence-corrected chi connectivity index (χ0v) is 8.37. The van der Waals surface area contributed by atoms with Gasteiger partial charge in [0.05, 0.1) is 12.2 Å². The van der Waals surface area contributed by atoms with E-state index in [0.29, 0.717) is 6.54 Å². The first-order valence-electron chi connectivity index (χ1n) is 5.33. The summed E-state index contributed by atoms with van der Waals surface area (Å²) in [7, 11) is 0. The molecule has 1 saturated carbocycles. The average molecular weight is 187 g/mol. The van der Waals surface area contributed by atoms with Gasteiger partial charge in [-0.15, -0.1) is 0 Å². The van der Waals surface area contributed by atoms with E-state index in [1.807, 2.05) is 6.92 Å². The van der Waals surface area contributed by atoms with Crippen LogP contribution in [-0.2, 0) is 0 Å².